The van der Waals surface area contributed by atoms with Crippen LogP contribution in [0.2, 0.25) is 0 Å². The Kier molecular flexibility index (Phi) is 3.63. The Labute approximate surface area is 105 Å². The number of anilines is 1. The predicted molar refractivity (Wildman–Crippen MR) is 68.6 cm³/mol. The van der Waals surface area contributed by atoms with Crippen molar-refractivity contribution in [1.82, 2.24) is 15.5 Å². The lowest BCUT2D eigenvalue weighted by Gasteiger charge is -2.11. The lowest BCUT2D eigenvalue weighted by atomic mass is 10.2. The monoisotopic (exact) mass is 266 g/mol. The molecule has 1 aromatic carbocycles. The lowest BCUT2D eigenvalue weighted by molar-refractivity contribution is 0.601. The minimum atomic E-state index is -3.58. The number of nitrogens with zero attached hydrogens (tertiary/aromatic N) is 1. The van der Waals surface area contributed by atoms with Gasteiger partial charge in [0.1, 0.15) is 4.90 Å². The van der Waals surface area contributed by atoms with Crippen LogP contribution in [0.1, 0.15) is 5.56 Å². The summed E-state index contributed by atoms with van der Waals surface area (Å²) in [5.41, 5.74) is 1.44. The molecule has 0 radical (unpaired) electrons. The van der Waals surface area contributed by atoms with E-state index in [1.165, 1.54) is 12.4 Å². The van der Waals surface area contributed by atoms with Gasteiger partial charge in [0.15, 0.2) is 0 Å². The molecule has 0 saturated heterocycles. The van der Waals surface area contributed by atoms with Crippen LogP contribution in [-0.4, -0.2) is 25.7 Å². The fraction of sp³-hybridized carbons (Fsp3) is 0.182. The molecule has 0 bridgehead atoms. The minimum absolute atomic E-state index is 0.113. The molecule has 7 heteroatoms. The van der Waals surface area contributed by atoms with E-state index in [0.29, 0.717) is 12.2 Å². The molecule has 0 aliphatic carbocycles. The highest BCUT2D eigenvalue weighted by molar-refractivity contribution is 7.92. The normalized spacial score (nSPS) is 11.4. The van der Waals surface area contributed by atoms with E-state index in [9.17, 15) is 8.42 Å². The van der Waals surface area contributed by atoms with Gasteiger partial charge in [-0.1, -0.05) is 18.2 Å². The summed E-state index contributed by atoms with van der Waals surface area (Å²) in [7, 11) is -1.78. The van der Waals surface area contributed by atoms with Crippen LogP contribution >= 0.6 is 0 Å². The molecule has 2 rings (SSSR count). The standard InChI is InChI=1S/C11H14N4O2S/c1-12-6-9-4-2-3-5-11(9)15-18(16,17)10-7-13-14-8-10/h2-5,7-8,12,15H,6H2,1H3,(H,13,14). The lowest BCUT2D eigenvalue weighted by Crippen LogP contribution is -2.15. The van der Waals surface area contributed by atoms with Gasteiger partial charge in [0, 0.05) is 12.7 Å². The number of para-hydroxylation sites is 1. The number of H-pyrrole nitrogens is 1. The van der Waals surface area contributed by atoms with Crippen molar-refractivity contribution in [2.45, 2.75) is 11.4 Å². The highest BCUT2D eigenvalue weighted by atomic mass is 32.2. The first kappa shape index (κ1) is 12.6. The fourth-order valence-electron chi connectivity index (χ4n) is 1.55. The molecule has 18 heavy (non-hydrogen) atoms. The highest BCUT2D eigenvalue weighted by Crippen LogP contribution is 2.19. The largest absolute Gasteiger partial charge is 0.316 e. The summed E-state index contributed by atoms with van der Waals surface area (Å²) in [6, 6.07) is 7.24. The van der Waals surface area contributed by atoms with E-state index < -0.39 is 10.0 Å². The van der Waals surface area contributed by atoms with E-state index in [0.717, 1.165) is 5.56 Å². The van der Waals surface area contributed by atoms with Gasteiger partial charge in [0.05, 0.1) is 11.9 Å². The Balaban J connectivity index is 2.29. The number of rotatable bonds is 5. The number of sulfonamides is 1. The number of aromatic nitrogens is 2. The molecule has 1 aromatic heterocycles. The third kappa shape index (κ3) is 2.69. The second-order valence-corrected chi connectivity index (χ2v) is 5.41. The van der Waals surface area contributed by atoms with Crippen LogP contribution in [0.15, 0.2) is 41.6 Å². The Morgan fingerprint density at radius 1 is 1.33 bits per heavy atom. The minimum Gasteiger partial charge on any atom is -0.316 e. The number of nitrogens with one attached hydrogen (secondary N) is 3. The maximum absolute atomic E-state index is 12.0. The van der Waals surface area contributed by atoms with Crippen molar-refractivity contribution in [1.29, 1.82) is 0 Å². The maximum Gasteiger partial charge on any atom is 0.265 e. The molecule has 96 valence electrons. The van der Waals surface area contributed by atoms with E-state index in [1.807, 2.05) is 12.1 Å². The quantitative estimate of drug-likeness (QED) is 0.751. The first-order chi connectivity index (χ1) is 8.63. The molecule has 2 aromatic rings. The summed E-state index contributed by atoms with van der Waals surface area (Å²) < 4.78 is 26.6. The van der Waals surface area contributed by atoms with Crippen molar-refractivity contribution in [3.63, 3.8) is 0 Å². The van der Waals surface area contributed by atoms with E-state index in [4.69, 9.17) is 0 Å². The van der Waals surface area contributed by atoms with Crippen LogP contribution < -0.4 is 10.0 Å². The van der Waals surface area contributed by atoms with Crippen LogP contribution in [0.4, 0.5) is 5.69 Å². The smallest absolute Gasteiger partial charge is 0.265 e. The predicted octanol–water partition coefficient (Wildman–Crippen LogP) is 0.930. The average molecular weight is 266 g/mol. The molecular formula is C11H14N4O2S. The molecule has 6 nitrogen and oxygen atoms in total. The van der Waals surface area contributed by atoms with Crippen molar-refractivity contribution in [2.75, 3.05) is 11.8 Å². The molecule has 1 heterocycles. The zero-order valence-electron chi connectivity index (χ0n) is 9.84. The molecule has 0 unspecified atom stereocenters. The van der Waals surface area contributed by atoms with Crippen LogP contribution in [0.25, 0.3) is 0 Å². The molecule has 0 spiro atoms. The van der Waals surface area contributed by atoms with Gasteiger partial charge in [0.25, 0.3) is 10.0 Å². The highest BCUT2D eigenvalue weighted by Gasteiger charge is 2.16. The molecular weight excluding hydrogens is 252 g/mol. The van der Waals surface area contributed by atoms with E-state index >= 15 is 0 Å². The Morgan fingerprint density at radius 3 is 2.78 bits per heavy atom. The van der Waals surface area contributed by atoms with Crippen LogP contribution in [-0.2, 0) is 16.6 Å². The summed E-state index contributed by atoms with van der Waals surface area (Å²) in [6.45, 7) is 0.587. The SMILES string of the molecule is CNCc1ccccc1NS(=O)(=O)c1cn[nH]c1. The molecule has 0 fully saturated rings. The number of aromatic amines is 1. The molecule has 0 amide bonds. The topological polar surface area (TPSA) is 86.9 Å². The molecule has 0 aliphatic heterocycles. The van der Waals surface area contributed by atoms with Gasteiger partial charge in [0.2, 0.25) is 0 Å². The first-order valence-corrected chi connectivity index (χ1v) is 6.86. The number of hydrogen-bond donors (Lipinski definition) is 3. The van der Waals surface area contributed by atoms with Crippen molar-refractivity contribution >= 4 is 15.7 Å². The van der Waals surface area contributed by atoms with Gasteiger partial charge in [-0.2, -0.15) is 5.10 Å². The molecule has 0 saturated carbocycles. The summed E-state index contributed by atoms with van der Waals surface area (Å²) >= 11 is 0. The van der Waals surface area contributed by atoms with E-state index in [-0.39, 0.29) is 4.90 Å². The molecule has 0 aliphatic rings. The van der Waals surface area contributed by atoms with Gasteiger partial charge in [-0.3, -0.25) is 9.82 Å². The third-order valence-corrected chi connectivity index (χ3v) is 3.74. The van der Waals surface area contributed by atoms with Crippen molar-refractivity contribution in [3.05, 3.63) is 42.2 Å². The summed E-state index contributed by atoms with van der Waals surface area (Å²) in [6.07, 6.45) is 2.60. The van der Waals surface area contributed by atoms with Crippen LogP contribution in [0, 0.1) is 0 Å². The van der Waals surface area contributed by atoms with Crippen molar-refractivity contribution in [2.24, 2.45) is 0 Å². The second-order valence-electron chi connectivity index (χ2n) is 3.73. The molecule has 0 atom stereocenters. The van der Waals surface area contributed by atoms with Gasteiger partial charge in [-0.25, -0.2) is 8.42 Å². The summed E-state index contributed by atoms with van der Waals surface area (Å²) in [4.78, 5) is 0.113. The van der Waals surface area contributed by atoms with Crippen molar-refractivity contribution in [3.8, 4) is 0 Å². The third-order valence-electron chi connectivity index (χ3n) is 2.41. The maximum atomic E-state index is 12.0. The van der Waals surface area contributed by atoms with E-state index in [2.05, 4.69) is 20.2 Å². The zero-order chi connectivity index (χ0) is 13.0. The van der Waals surface area contributed by atoms with Crippen LogP contribution in [0.3, 0.4) is 0 Å². The number of hydrogen-bond acceptors (Lipinski definition) is 4. The van der Waals surface area contributed by atoms with E-state index in [1.54, 1.807) is 19.2 Å². The molecule has 3 N–H and O–H groups in total. The fourth-order valence-corrected chi connectivity index (χ4v) is 2.56. The Hall–Kier alpha value is -1.86. The van der Waals surface area contributed by atoms with Gasteiger partial charge in [-0.15, -0.1) is 0 Å². The van der Waals surface area contributed by atoms with Crippen LogP contribution in [0.5, 0.6) is 0 Å². The summed E-state index contributed by atoms with van der Waals surface area (Å²) in [5, 5.41) is 9.10. The summed E-state index contributed by atoms with van der Waals surface area (Å²) in [5.74, 6) is 0. The van der Waals surface area contributed by atoms with Gasteiger partial charge < -0.3 is 5.32 Å². The second kappa shape index (κ2) is 5.19. The zero-order valence-corrected chi connectivity index (χ0v) is 10.7. The Morgan fingerprint density at radius 2 is 2.11 bits per heavy atom. The Bertz CT molecular complexity index is 608. The average Bonchev–Trinajstić information content (AvgIpc) is 2.86. The first-order valence-electron chi connectivity index (χ1n) is 5.37. The number of benzene rings is 1. The van der Waals surface area contributed by atoms with Crippen molar-refractivity contribution < 1.29 is 8.42 Å². The van der Waals surface area contributed by atoms with Gasteiger partial charge in [-0.05, 0) is 18.7 Å². The van der Waals surface area contributed by atoms with Gasteiger partial charge >= 0.3 is 0 Å².